The zero-order valence-corrected chi connectivity index (χ0v) is 10.5. The molecular formula is C14H10FNOS. The average Bonchev–Trinajstić information content (AvgIpc) is 2.75. The van der Waals surface area contributed by atoms with Gasteiger partial charge in [0.25, 0.3) is 0 Å². The van der Waals surface area contributed by atoms with Crippen LogP contribution < -0.4 is 0 Å². The number of rotatable bonds is 1. The number of halogens is 1. The fourth-order valence-corrected chi connectivity index (χ4v) is 2.71. The van der Waals surface area contributed by atoms with Gasteiger partial charge in [0.05, 0.1) is 10.2 Å². The Bertz CT molecular complexity index is 736. The average molecular weight is 259 g/mol. The van der Waals surface area contributed by atoms with E-state index in [9.17, 15) is 9.50 Å². The molecule has 0 spiro atoms. The lowest BCUT2D eigenvalue weighted by Crippen LogP contribution is -1.79. The maximum atomic E-state index is 13.1. The number of benzene rings is 2. The molecule has 0 aliphatic rings. The van der Waals surface area contributed by atoms with Crippen LogP contribution in [-0.2, 0) is 0 Å². The molecule has 1 N–H and O–H groups in total. The van der Waals surface area contributed by atoms with Crippen LogP contribution in [0.4, 0.5) is 4.39 Å². The van der Waals surface area contributed by atoms with Gasteiger partial charge in [-0.05, 0) is 30.7 Å². The number of thiazole rings is 1. The quantitative estimate of drug-likeness (QED) is 0.713. The molecule has 0 saturated carbocycles. The van der Waals surface area contributed by atoms with E-state index in [1.807, 2.05) is 19.1 Å². The number of nitrogens with zero attached hydrogens (tertiary/aromatic N) is 1. The number of fused-ring (bicyclic) bond motifs is 1. The molecule has 4 heteroatoms. The minimum absolute atomic E-state index is 0.248. The molecule has 2 aromatic carbocycles. The first-order chi connectivity index (χ1) is 8.63. The van der Waals surface area contributed by atoms with Crippen molar-refractivity contribution < 1.29 is 9.50 Å². The van der Waals surface area contributed by atoms with Gasteiger partial charge in [0, 0.05) is 11.6 Å². The Labute approximate surface area is 107 Å². The normalized spacial score (nSPS) is 11.0. The third-order valence-corrected chi connectivity index (χ3v) is 3.89. The Morgan fingerprint density at radius 2 is 2.00 bits per heavy atom. The number of phenolic OH excluding ortho intramolecular Hbond substituents is 1. The second-order valence-corrected chi connectivity index (χ2v) is 5.16. The molecule has 0 bridgehead atoms. The van der Waals surface area contributed by atoms with Crippen molar-refractivity contribution in [1.29, 1.82) is 0 Å². The first-order valence-electron chi connectivity index (χ1n) is 5.49. The van der Waals surface area contributed by atoms with Gasteiger partial charge in [-0.3, -0.25) is 0 Å². The largest absolute Gasteiger partial charge is 0.508 e. The van der Waals surface area contributed by atoms with Crippen LogP contribution in [0.25, 0.3) is 20.8 Å². The van der Waals surface area contributed by atoms with Gasteiger partial charge in [-0.1, -0.05) is 12.1 Å². The summed E-state index contributed by atoms with van der Waals surface area (Å²) >= 11 is 1.48. The molecule has 2 nitrogen and oxygen atoms in total. The van der Waals surface area contributed by atoms with E-state index in [0.717, 1.165) is 20.8 Å². The Morgan fingerprint density at radius 3 is 2.78 bits per heavy atom. The summed E-state index contributed by atoms with van der Waals surface area (Å²) in [4.78, 5) is 4.38. The van der Waals surface area contributed by atoms with Gasteiger partial charge >= 0.3 is 0 Å². The molecule has 0 atom stereocenters. The van der Waals surface area contributed by atoms with Crippen LogP contribution in [0.15, 0.2) is 36.4 Å². The molecule has 1 heterocycles. The van der Waals surface area contributed by atoms with Crippen LogP contribution in [-0.4, -0.2) is 10.1 Å². The summed E-state index contributed by atoms with van der Waals surface area (Å²) in [6.45, 7) is 1.84. The van der Waals surface area contributed by atoms with E-state index in [-0.39, 0.29) is 11.6 Å². The molecule has 0 unspecified atom stereocenters. The van der Waals surface area contributed by atoms with Crippen LogP contribution in [0.5, 0.6) is 5.75 Å². The molecule has 0 saturated heterocycles. The Kier molecular flexibility index (Phi) is 2.52. The second kappa shape index (κ2) is 4.07. The Hall–Kier alpha value is -1.94. The molecule has 3 rings (SSSR count). The maximum Gasteiger partial charge on any atom is 0.125 e. The van der Waals surface area contributed by atoms with Crippen molar-refractivity contribution >= 4 is 21.6 Å². The molecule has 18 heavy (non-hydrogen) atoms. The van der Waals surface area contributed by atoms with Crippen LogP contribution in [0, 0.1) is 12.7 Å². The van der Waals surface area contributed by atoms with E-state index in [0.29, 0.717) is 5.52 Å². The van der Waals surface area contributed by atoms with Crippen LogP contribution in [0.3, 0.4) is 0 Å². The van der Waals surface area contributed by atoms with Crippen LogP contribution >= 0.6 is 11.3 Å². The molecule has 0 fully saturated rings. The van der Waals surface area contributed by atoms with Crippen molar-refractivity contribution in [2.75, 3.05) is 0 Å². The molecule has 0 aliphatic carbocycles. The summed E-state index contributed by atoms with van der Waals surface area (Å²) in [5, 5.41) is 10.5. The zero-order chi connectivity index (χ0) is 12.7. The third-order valence-electron chi connectivity index (χ3n) is 2.81. The van der Waals surface area contributed by atoms with Crippen molar-refractivity contribution in [2.45, 2.75) is 6.92 Å². The van der Waals surface area contributed by atoms with Crippen molar-refractivity contribution in [2.24, 2.45) is 0 Å². The summed E-state index contributed by atoms with van der Waals surface area (Å²) in [6.07, 6.45) is 0. The first-order valence-corrected chi connectivity index (χ1v) is 6.31. The number of aryl methyl sites for hydroxylation is 1. The lowest BCUT2D eigenvalue weighted by atomic mass is 10.1. The van der Waals surface area contributed by atoms with Gasteiger partial charge in [0.2, 0.25) is 0 Å². The summed E-state index contributed by atoms with van der Waals surface area (Å²) in [5.41, 5.74) is 2.32. The van der Waals surface area contributed by atoms with Gasteiger partial charge in [0.15, 0.2) is 0 Å². The number of aromatic nitrogens is 1. The highest BCUT2D eigenvalue weighted by atomic mass is 32.1. The predicted molar refractivity (Wildman–Crippen MR) is 71.4 cm³/mol. The summed E-state index contributed by atoms with van der Waals surface area (Å²) in [7, 11) is 0. The number of hydrogen-bond acceptors (Lipinski definition) is 3. The fraction of sp³-hybridized carbons (Fsp3) is 0.0714. The lowest BCUT2D eigenvalue weighted by molar-refractivity contribution is 0.471. The van der Waals surface area contributed by atoms with E-state index < -0.39 is 0 Å². The summed E-state index contributed by atoms with van der Waals surface area (Å²) in [6, 6.07) is 10.0. The van der Waals surface area contributed by atoms with Gasteiger partial charge < -0.3 is 5.11 Å². The highest BCUT2D eigenvalue weighted by Gasteiger charge is 2.08. The van der Waals surface area contributed by atoms with Gasteiger partial charge in [-0.15, -0.1) is 11.3 Å². The topological polar surface area (TPSA) is 33.1 Å². The first kappa shape index (κ1) is 11.2. The smallest absolute Gasteiger partial charge is 0.125 e. The highest BCUT2D eigenvalue weighted by Crippen LogP contribution is 2.32. The van der Waals surface area contributed by atoms with Gasteiger partial charge in [-0.2, -0.15) is 0 Å². The second-order valence-electron chi connectivity index (χ2n) is 4.13. The van der Waals surface area contributed by atoms with E-state index in [4.69, 9.17) is 0 Å². The molecule has 0 amide bonds. The molecular weight excluding hydrogens is 249 g/mol. The molecule has 3 aromatic rings. The van der Waals surface area contributed by atoms with E-state index in [2.05, 4.69) is 4.98 Å². The monoisotopic (exact) mass is 259 g/mol. The predicted octanol–water partition coefficient (Wildman–Crippen LogP) is 4.12. The SMILES string of the molecule is Cc1ccc(-c2nc3cc(F)ccc3s2)cc1O. The van der Waals surface area contributed by atoms with Crippen molar-refractivity contribution in [3.63, 3.8) is 0 Å². The van der Waals surface area contributed by atoms with Crippen LogP contribution in [0.2, 0.25) is 0 Å². The highest BCUT2D eigenvalue weighted by molar-refractivity contribution is 7.21. The molecule has 0 aliphatic heterocycles. The maximum absolute atomic E-state index is 13.1. The number of phenols is 1. The van der Waals surface area contributed by atoms with Gasteiger partial charge in [-0.25, -0.2) is 9.37 Å². The van der Waals surface area contributed by atoms with E-state index in [1.165, 1.54) is 23.5 Å². The fourth-order valence-electron chi connectivity index (χ4n) is 1.77. The standard InChI is InChI=1S/C14H10FNOS/c1-8-2-3-9(6-12(8)17)14-16-11-7-10(15)4-5-13(11)18-14/h2-7,17H,1H3. The Balaban J connectivity index is 2.16. The lowest BCUT2D eigenvalue weighted by Gasteiger charge is -2.00. The number of aromatic hydroxyl groups is 1. The summed E-state index contributed by atoms with van der Waals surface area (Å²) in [5.74, 6) is -0.0379. The van der Waals surface area contributed by atoms with E-state index >= 15 is 0 Å². The zero-order valence-electron chi connectivity index (χ0n) is 9.64. The Morgan fingerprint density at radius 1 is 1.17 bits per heavy atom. The third kappa shape index (κ3) is 1.84. The molecule has 90 valence electrons. The molecule has 1 aromatic heterocycles. The van der Waals surface area contributed by atoms with Crippen molar-refractivity contribution in [3.05, 3.63) is 47.8 Å². The van der Waals surface area contributed by atoms with E-state index in [1.54, 1.807) is 12.1 Å². The minimum Gasteiger partial charge on any atom is -0.508 e. The minimum atomic E-state index is -0.286. The van der Waals surface area contributed by atoms with Crippen molar-refractivity contribution in [1.82, 2.24) is 4.98 Å². The van der Waals surface area contributed by atoms with Gasteiger partial charge in [0.1, 0.15) is 16.6 Å². The summed E-state index contributed by atoms with van der Waals surface area (Å²) < 4.78 is 14.0. The van der Waals surface area contributed by atoms with Crippen LogP contribution in [0.1, 0.15) is 5.56 Å². The van der Waals surface area contributed by atoms with Crippen molar-refractivity contribution in [3.8, 4) is 16.3 Å². The number of hydrogen-bond donors (Lipinski definition) is 1. The molecule has 0 radical (unpaired) electrons.